The van der Waals surface area contributed by atoms with E-state index in [0.717, 1.165) is 0 Å². The zero-order valence-electron chi connectivity index (χ0n) is 10.2. The Balaban J connectivity index is 2.50. The quantitative estimate of drug-likeness (QED) is 0.610. The third-order valence-corrected chi connectivity index (χ3v) is 2.32. The fourth-order valence-corrected chi connectivity index (χ4v) is 1.49. The van der Waals surface area contributed by atoms with Crippen LogP contribution in [0.3, 0.4) is 0 Å². The minimum atomic E-state index is -4.11. The topological polar surface area (TPSA) is 47.3 Å². The number of alkyl halides is 3. The van der Waals surface area contributed by atoms with Gasteiger partial charge in [0.2, 0.25) is 0 Å². The number of hydrogen-bond donors (Lipinski definition) is 2. The molecule has 0 aromatic heterocycles. The molecule has 0 amide bonds. The Morgan fingerprint density at radius 2 is 2.06 bits per heavy atom. The predicted octanol–water partition coefficient (Wildman–Crippen LogP) is 3.42. The molecule has 0 saturated carbocycles. The molecule has 18 heavy (non-hydrogen) atoms. The molecule has 0 fully saturated rings. The molecule has 0 spiro atoms. The lowest BCUT2D eigenvalue weighted by Crippen LogP contribution is -2.11. The summed E-state index contributed by atoms with van der Waals surface area (Å²) in [6.07, 6.45) is -4.90. The zero-order chi connectivity index (χ0) is 13.6. The average molecular weight is 262 g/mol. The zero-order valence-corrected chi connectivity index (χ0v) is 10.2. The maximum Gasteiger partial charge on any atom is 0.389 e. The van der Waals surface area contributed by atoms with Crippen molar-refractivity contribution in [1.82, 2.24) is 0 Å². The van der Waals surface area contributed by atoms with Crippen LogP contribution in [0.25, 0.3) is 0 Å². The number of rotatable bonds is 6. The Labute approximate surface area is 104 Å². The van der Waals surface area contributed by atoms with Crippen molar-refractivity contribution in [3.05, 3.63) is 18.2 Å². The van der Waals surface area contributed by atoms with Crippen LogP contribution in [0.15, 0.2) is 18.2 Å². The van der Waals surface area contributed by atoms with Gasteiger partial charge in [0.25, 0.3) is 0 Å². The maximum atomic E-state index is 12.0. The Hall–Kier alpha value is -1.59. The van der Waals surface area contributed by atoms with E-state index in [1.54, 1.807) is 18.2 Å². The van der Waals surface area contributed by atoms with Crippen molar-refractivity contribution in [3.8, 4) is 5.75 Å². The highest BCUT2D eigenvalue weighted by molar-refractivity contribution is 5.72. The van der Waals surface area contributed by atoms with Gasteiger partial charge < -0.3 is 15.8 Å². The molecular weight excluding hydrogens is 245 g/mol. The van der Waals surface area contributed by atoms with E-state index in [4.69, 9.17) is 10.5 Å². The number of benzene rings is 1. The first kappa shape index (κ1) is 14.5. The Bertz CT molecular complexity index is 380. The van der Waals surface area contributed by atoms with Crippen molar-refractivity contribution in [2.24, 2.45) is 0 Å². The van der Waals surface area contributed by atoms with Crippen molar-refractivity contribution < 1.29 is 17.9 Å². The monoisotopic (exact) mass is 262 g/mol. The van der Waals surface area contributed by atoms with E-state index >= 15 is 0 Å². The predicted molar refractivity (Wildman–Crippen MR) is 65.8 cm³/mol. The van der Waals surface area contributed by atoms with Crippen LogP contribution in [0.1, 0.15) is 19.8 Å². The van der Waals surface area contributed by atoms with Gasteiger partial charge in [0, 0.05) is 13.0 Å². The van der Waals surface area contributed by atoms with Gasteiger partial charge in [0.05, 0.1) is 18.0 Å². The number of anilines is 2. The lowest BCUT2D eigenvalue weighted by Gasteiger charge is -2.13. The van der Waals surface area contributed by atoms with E-state index in [1.165, 1.54) is 0 Å². The van der Waals surface area contributed by atoms with Gasteiger partial charge in [-0.1, -0.05) is 6.07 Å². The highest BCUT2D eigenvalue weighted by Crippen LogP contribution is 2.29. The molecular formula is C12H17F3N2O. The lowest BCUT2D eigenvalue weighted by atomic mass is 10.2. The first-order valence-electron chi connectivity index (χ1n) is 5.76. The molecule has 0 atom stereocenters. The van der Waals surface area contributed by atoms with Gasteiger partial charge in [-0.2, -0.15) is 13.2 Å². The second-order valence-electron chi connectivity index (χ2n) is 3.80. The lowest BCUT2D eigenvalue weighted by molar-refractivity contribution is -0.134. The van der Waals surface area contributed by atoms with Gasteiger partial charge in [0.15, 0.2) is 0 Å². The van der Waals surface area contributed by atoms with Crippen molar-refractivity contribution in [2.45, 2.75) is 25.9 Å². The number of ether oxygens (including phenoxy) is 1. The molecule has 0 unspecified atom stereocenters. The third kappa shape index (κ3) is 4.73. The summed E-state index contributed by atoms with van der Waals surface area (Å²) in [5, 5.41) is 2.88. The average Bonchev–Trinajstić information content (AvgIpc) is 2.28. The minimum absolute atomic E-state index is 0.0157. The molecule has 0 aliphatic rings. The Kier molecular flexibility index (Phi) is 5.12. The van der Waals surface area contributed by atoms with Gasteiger partial charge in [-0.25, -0.2) is 0 Å². The number of para-hydroxylation sites is 1. The molecule has 3 N–H and O–H groups in total. The van der Waals surface area contributed by atoms with Crippen LogP contribution in [0, 0.1) is 0 Å². The van der Waals surface area contributed by atoms with Crippen LogP contribution in [0.4, 0.5) is 24.5 Å². The summed E-state index contributed by atoms with van der Waals surface area (Å²) < 4.78 is 41.2. The van der Waals surface area contributed by atoms with Crippen molar-refractivity contribution in [3.63, 3.8) is 0 Å². The van der Waals surface area contributed by atoms with Crippen molar-refractivity contribution in [2.75, 3.05) is 24.2 Å². The molecule has 1 rings (SSSR count). The molecule has 1 aromatic rings. The normalized spacial score (nSPS) is 11.3. The molecule has 0 aliphatic heterocycles. The van der Waals surface area contributed by atoms with Gasteiger partial charge >= 0.3 is 6.18 Å². The first-order valence-corrected chi connectivity index (χ1v) is 5.76. The number of hydrogen-bond acceptors (Lipinski definition) is 3. The van der Waals surface area contributed by atoms with Gasteiger partial charge in [-0.3, -0.25) is 0 Å². The van der Waals surface area contributed by atoms with E-state index < -0.39 is 12.6 Å². The minimum Gasteiger partial charge on any atom is -0.492 e. The van der Waals surface area contributed by atoms with Crippen LogP contribution < -0.4 is 15.8 Å². The van der Waals surface area contributed by atoms with Crippen LogP contribution in [-0.4, -0.2) is 19.3 Å². The summed E-state index contributed by atoms with van der Waals surface area (Å²) >= 11 is 0. The molecule has 0 bridgehead atoms. The number of halogens is 3. The maximum absolute atomic E-state index is 12.0. The van der Waals surface area contributed by atoms with E-state index in [2.05, 4.69) is 5.32 Å². The summed E-state index contributed by atoms with van der Waals surface area (Å²) in [7, 11) is 0. The highest BCUT2D eigenvalue weighted by atomic mass is 19.4. The summed E-state index contributed by atoms with van der Waals surface area (Å²) in [5.74, 6) is 0.540. The molecule has 1 aromatic carbocycles. The van der Waals surface area contributed by atoms with E-state index in [9.17, 15) is 13.2 Å². The van der Waals surface area contributed by atoms with Crippen LogP contribution in [-0.2, 0) is 0 Å². The summed E-state index contributed by atoms with van der Waals surface area (Å²) in [6, 6.07) is 5.18. The van der Waals surface area contributed by atoms with Crippen LogP contribution in [0.2, 0.25) is 0 Å². The second-order valence-corrected chi connectivity index (χ2v) is 3.80. The standard InChI is InChI=1S/C12H17F3N2O/c1-2-18-10-6-3-5-9(11(10)16)17-8-4-7-12(13,14)15/h3,5-6,17H,2,4,7-8,16H2,1H3. The summed E-state index contributed by atoms with van der Waals surface area (Å²) in [6.45, 7) is 2.55. The van der Waals surface area contributed by atoms with Gasteiger partial charge in [-0.15, -0.1) is 0 Å². The largest absolute Gasteiger partial charge is 0.492 e. The van der Waals surface area contributed by atoms with E-state index in [0.29, 0.717) is 23.7 Å². The molecule has 0 saturated heterocycles. The molecule has 0 radical (unpaired) electrons. The molecule has 0 aliphatic carbocycles. The van der Waals surface area contributed by atoms with E-state index in [-0.39, 0.29) is 13.0 Å². The molecule has 3 nitrogen and oxygen atoms in total. The molecule has 0 heterocycles. The highest BCUT2D eigenvalue weighted by Gasteiger charge is 2.25. The van der Waals surface area contributed by atoms with Crippen LogP contribution in [0.5, 0.6) is 5.75 Å². The molecule has 6 heteroatoms. The van der Waals surface area contributed by atoms with Crippen molar-refractivity contribution in [1.29, 1.82) is 0 Å². The van der Waals surface area contributed by atoms with E-state index in [1.807, 2.05) is 6.92 Å². The smallest absolute Gasteiger partial charge is 0.389 e. The van der Waals surface area contributed by atoms with Gasteiger partial charge in [0.1, 0.15) is 5.75 Å². The first-order chi connectivity index (χ1) is 8.44. The van der Waals surface area contributed by atoms with Crippen molar-refractivity contribution >= 4 is 11.4 Å². The SMILES string of the molecule is CCOc1cccc(NCCCC(F)(F)F)c1N. The molecule has 102 valence electrons. The van der Waals surface area contributed by atoms with Gasteiger partial charge in [-0.05, 0) is 25.5 Å². The number of nitrogens with one attached hydrogen (secondary N) is 1. The third-order valence-electron chi connectivity index (χ3n) is 2.32. The Morgan fingerprint density at radius 1 is 1.33 bits per heavy atom. The number of nitrogens with two attached hydrogens (primary N) is 1. The number of nitrogen functional groups attached to an aromatic ring is 1. The fourth-order valence-electron chi connectivity index (χ4n) is 1.49. The Morgan fingerprint density at radius 3 is 2.67 bits per heavy atom. The second kappa shape index (κ2) is 6.37. The fraction of sp³-hybridized carbons (Fsp3) is 0.500. The van der Waals surface area contributed by atoms with Crippen LogP contribution >= 0.6 is 0 Å². The summed E-state index contributed by atoms with van der Waals surface area (Å²) in [4.78, 5) is 0. The summed E-state index contributed by atoms with van der Waals surface area (Å²) in [5.41, 5.74) is 6.85.